The summed E-state index contributed by atoms with van der Waals surface area (Å²) in [6, 6.07) is 0. The average molecular weight is 209 g/mol. The summed E-state index contributed by atoms with van der Waals surface area (Å²) >= 11 is 0. The standard InChI is InChI=1S/C6H15NO3.C2H8N2/c8-4-1-7(2-5-9)3-6-10;3-1-2-4/h8-10H,1-6H2;1-4H2. The summed E-state index contributed by atoms with van der Waals surface area (Å²) in [5.41, 5.74) is 9.81. The van der Waals surface area contributed by atoms with Crippen LogP contribution >= 0.6 is 0 Å². The third-order valence-corrected chi connectivity index (χ3v) is 1.42. The first-order valence-corrected chi connectivity index (χ1v) is 4.71. The quantitative estimate of drug-likeness (QED) is 0.309. The monoisotopic (exact) mass is 209 g/mol. The molecule has 0 fully saturated rings. The first-order valence-electron chi connectivity index (χ1n) is 4.71. The van der Waals surface area contributed by atoms with Crippen LogP contribution in [0.25, 0.3) is 0 Å². The molecule has 0 spiro atoms. The third-order valence-electron chi connectivity index (χ3n) is 1.42. The van der Waals surface area contributed by atoms with Crippen molar-refractivity contribution in [2.24, 2.45) is 11.5 Å². The van der Waals surface area contributed by atoms with Crippen LogP contribution in [0, 0.1) is 0 Å². The number of aliphatic hydroxyl groups excluding tert-OH is 3. The molecule has 0 amide bonds. The van der Waals surface area contributed by atoms with Gasteiger partial charge in [-0.25, -0.2) is 0 Å². The summed E-state index contributed by atoms with van der Waals surface area (Å²) < 4.78 is 0. The molecule has 0 radical (unpaired) electrons. The van der Waals surface area contributed by atoms with E-state index in [9.17, 15) is 0 Å². The van der Waals surface area contributed by atoms with Crippen LogP contribution in [-0.4, -0.2) is 72.8 Å². The highest BCUT2D eigenvalue weighted by Crippen LogP contribution is 1.84. The Morgan fingerprint density at radius 1 is 0.714 bits per heavy atom. The normalized spacial score (nSPS) is 9.86. The number of aliphatic hydroxyl groups is 3. The summed E-state index contributed by atoms with van der Waals surface area (Å²) in [6.07, 6.45) is 0. The zero-order valence-electron chi connectivity index (χ0n) is 8.60. The van der Waals surface area contributed by atoms with Gasteiger partial charge < -0.3 is 26.8 Å². The maximum absolute atomic E-state index is 8.48. The van der Waals surface area contributed by atoms with Crippen molar-refractivity contribution in [3.8, 4) is 0 Å². The summed E-state index contributed by atoms with van der Waals surface area (Å²) in [7, 11) is 0. The van der Waals surface area contributed by atoms with E-state index in [1.807, 2.05) is 0 Å². The first kappa shape index (κ1) is 16.2. The van der Waals surface area contributed by atoms with Crippen molar-refractivity contribution in [2.75, 3.05) is 52.5 Å². The SMILES string of the molecule is NCCN.OCCN(CCO)CCO. The van der Waals surface area contributed by atoms with E-state index in [-0.39, 0.29) is 19.8 Å². The van der Waals surface area contributed by atoms with E-state index < -0.39 is 0 Å². The Labute approximate surface area is 85.1 Å². The van der Waals surface area contributed by atoms with Crippen LogP contribution in [-0.2, 0) is 0 Å². The van der Waals surface area contributed by atoms with Crippen molar-refractivity contribution in [3.05, 3.63) is 0 Å². The topological polar surface area (TPSA) is 116 Å². The Kier molecular flexibility index (Phi) is 17.6. The van der Waals surface area contributed by atoms with Gasteiger partial charge in [0.1, 0.15) is 0 Å². The lowest BCUT2D eigenvalue weighted by Gasteiger charge is -2.17. The molecule has 0 unspecified atom stereocenters. The van der Waals surface area contributed by atoms with Crippen molar-refractivity contribution < 1.29 is 15.3 Å². The van der Waals surface area contributed by atoms with Gasteiger partial charge in [0.25, 0.3) is 0 Å². The smallest absolute Gasteiger partial charge is 0.0558 e. The molecule has 0 aliphatic carbocycles. The molecule has 0 aromatic rings. The van der Waals surface area contributed by atoms with Crippen LogP contribution in [0.5, 0.6) is 0 Å². The van der Waals surface area contributed by atoms with Gasteiger partial charge in [-0.05, 0) is 0 Å². The zero-order valence-corrected chi connectivity index (χ0v) is 8.60. The predicted octanol–water partition coefficient (Wildman–Crippen LogP) is -2.83. The second-order valence-corrected chi connectivity index (χ2v) is 2.59. The average Bonchev–Trinajstić information content (AvgIpc) is 2.20. The molecule has 0 aliphatic rings. The van der Waals surface area contributed by atoms with Gasteiger partial charge in [0.15, 0.2) is 0 Å². The van der Waals surface area contributed by atoms with E-state index in [4.69, 9.17) is 26.8 Å². The Hall–Kier alpha value is -0.240. The van der Waals surface area contributed by atoms with E-state index in [0.717, 1.165) is 0 Å². The van der Waals surface area contributed by atoms with Crippen LogP contribution < -0.4 is 11.5 Å². The highest BCUT2D eigenvalue weighted by atomic mass is 16.3. The Morgan fingerprint density at radius 3 is 1.14 bits per heavy atom. The van der Waals surface area contributed by atoms with E-state index in [1.165, 1.54) is 0 Å². The van der Waals surface area contributed by atoms with Crippen LogP contribution in [0.3, 0.4) is 0 Å². The maximum Gasteiger partial charge on any atom is 0.0558 e. The summed E-state index contributed by atoms with van der Waals surface area (Å²) in [6.45, 7) is 2.95. The largest absolute Gasteiger partial charge is 0.395 e. The van der Waals surface area contributed by atoms with E-state index >= 15 is 0 Å². The molecule has 0 bridgehead atoms. The van der Waals surface area contributed by atoms with Crippen molar-refractivity contribution >= 4 is 0 Å². The molecule has 0 aliphatic heterocycles. The molecule has 7 N–H and O–H groups in total. The van der Waals surface area contributed by atoms with Crippen molar-refractivity contribution in [3.63, 3.8) is 0 Å². The highest BCUT2D eigenvalue weighted by molar-refractivity contribution is 4.54. The van der Waals surface area contributed by atoms with Gasteiger partial charge in [0.2, 0.25) is 0 Å². The summed E-state index contributed by atoms with van der Waals surface area (Å²) in [4.78, 5) is 1.79. The van der Waals surface area contributed by atoms with Gasteiger partial charge >= 0.3 is 0 Å². The van der Waals surface area contributed by atoms with Crippen LogP contribution in [0.4, 0.5) is 0 Å². The minimum absolute atomic E-state index is 0.0694. The highest BCUT2D eigenvalue weighted by Gasteiger charge is 2.00. The zero-order chi connectivity index (χ0) is 11.2. The molecule has 6 heteroatoms. The third kappa shape index (κ3) is 14.3. The van der Waals surface area contributed by atoms with E-state index in [1.54, 1.807) is 4.90 Å². The minimum atomic E-state index is 0.0694. The Bertz CT molecular complexity index is 79.6. The van der Waals surface area contributed by atoms with Gasteiger partial charge in [0, 0.05) is 32.7 Å². The van der Waals surface area contributed by atoms with Crippen LogP contribution in [0.1, 0.15) is 0 Å². The molecule has 0 saturated heterocycles. The van der Waals surface area contributed by atoms with Gasteiger partial charge in [-0.3, -0.25) is 4.90 Å². The van der Waals surface area contributed by atoms with Gasteiger partial charge in [0.05, 0.1) is 19.8 Å². The molecule has 0 atom stereocenters. The second-order valence-electron chi connectivity index (χ2n) is 2.59. The summed E-state index contributed by atoms with van der Waals surface area (Å²) in [5, 5.41) is 25.5. The van der Waals surface area contributed by atoms with Crippen LogP contribution in [0.15, 0.2) is 0 Å². The number of nitrogens with zero attached hydrogens (tertiary/aromatic N) is 1. The molecule has 88 valence electrons. The number of nitrogens with two attached hydrogens (primary N) is 2. The molecule has 6 nitrogen and oxygen atoms in total. The number of hydrogen-bond acceptors (Lipinski definition) is 6. The van der Waals surface area contributed by atoms with Gasteiger partial charge in [-0.2, -0.15) is 0 Å². The molecular weight excluding hydrogens is 186 g/mol. The van der Waals surface area contributed by atoms with E-state index in [2.05, 4.69) is 0 Å². The lowest BCUT2D eigenvalue weighted by Crippen LogP contribution is -2.32. The van der Waals surface area contributed by atoms with Gasteiger partial charge in [-0.1, -0.05) is 0 Å². The Balaban J connectivity index is 0. The minimum Gasteiger partial charge on any atom is -0.395 e. The second kappa shape index (κ2) is 15.2. The Morgan fingerprint density at radius 2 is 1.00 bits per heavy atom. The van der Waals surface area contributed by atoms with Crippen molar-refractivity contribution in [1.82, 2.24) is 4.90 Å². The molecule has 0 aromatic heterocycles. The molecule has 14 heavy (non-hydrogen) atoms. The van der Waals surface area contributed by atoms with Crippen LogP contribution in [0.2, 0.25) is 0 Å². The summed E-state index contributed by atoms with van der Waals surface area (Å²) in [5.74, 6) is 0. The lowest BCUT2D eigenvalue weighted by molar-refractivity contribution is 0.136. The lowest BCUT2D eigenvalue weighted by atomic mass is 10.4. The molecule has 0 aromatic carbocycles. The molecular formula is C8H23N3O3. The number of rotatable bonds is 7. The van der Waals surface area contributed by atoms with E-state index in [0.29, 0.717) is 32.7 Å². The predicted molar refractivity (Wildman–Crippen MR) is 55.8 cm³/mol. The van der Waals surface area contributed by atoms with Crippen molar-refractivity contribution in [2.45, 2.75) is 0 Å². The fourth-order valence-electron chi connectivity index (χ4n) is 0.760. The number of hydrogen-bond donors (Lipinski definition) is 5. The maximum atomic E-state index is 8.48. The molecule has 0 heterocycles. The molecule has 0 rings (SSSR count). The molecule has 0 saturated carbocycles. The van der Waals surface area contributed by atoms with Crippen molar-refractivity contribution in [1.29, 1.82) is 0 Å². The first-order chi connectivity index (χ1) is 6.76. The fourth-order valence-corrected chi connectivity index (χ4v) is 0.760. The van der Waals surface area contributed by atoms with Gasteiger partial charge in [-0.15, -0.1) is 0 Å². The fraction of sp³-hybridized carbons (Fsp3) is 1.00.